The standard InChI is InChI=1S/C14H13BrClNO3/c15-7-1-4-11(16)9(5-7)13-10(14(19)20)6-12(18)17(13)8-2-3-8/h1,4-5,8,10,13H,2-3,6H2,(H,19,20). The Hall–Kier alpha value is -1.07. The van der Waals surface area contributed by atoms with E-state index in [9.17, 15) is 14.7 Å². The molecule has 2 aliphatic rings. The Bertz CT molecular complexity index is 588. The number of carboxylic acids is 1. The van der Waals surface area contributed by atoms with E-state index < -0.39 is 17.9 Å². The summed E-state index contributed by atoms with van der Waals surface area (Å²) < 4.78 is 0.830. The minimum Gasteiger partial charge on any atom is -0.481 e. The monoisotopic (exact) mass is 357 g/mol. The summed E-state index contributed by atoms with van der Waals surface area (Å²) in [4.78, 5) is 25.4. The number of benzene rings is 1. The van der Waals surface area contributed by atoms with Crippen LogP contribution in [0.5, 0.6) is 0 Å². The lowest BCUT2D eigenvalue weighted by atomic mass is 9.93. The molecule has 1 aliphatic carbocycles. The molecule has 2 fully saturated rings. The summed E-state index contributed by atoms with van der Waals surface area (Å²) in [7, 11) is 0. The van der Waals surface area contributed by atoms with Gasteiger partial charge in [0.15, 0.2) is 0 Å². The van der Waals surface area contributed by atoms with Crippen molar-refractivity contribution in [1.82, 2.24) is 4.90 Å². The summed E-state index contributed by atoms with van der Waals surface area (Å²) in [5, 5.41) is 9.91. The number of carbonyl (C=O) groups is 2. The highest BCUT2D eigenvalue weighted by atomic mass is 79.9. The molecule has 1 saturated heterocycles. The van der Waals surface area contributed by atoms with Crippen LogP contribution in [0.4, 0.5) is 0 Å². The summed E-state index contributed by atoms with van der Waals surface area (Å²) >= 11 is 9.61. The van der Waals surface area contributed by atoms with Crippen molar-refractivity contribution in [3.05, 3.63) is 33.3 Å². The molecule has 1 amide bonds. The maximum atomic E-state index is 12.2. The molecular weight excluding hydrogens is 346 g/mol. The van der Waals surface area contributed by atoms with E-state index in [1.54, 1.807) is 17.0 Å². The fourth-order valence-electron chi connectivity index (χ4n) is 2.87. The summed E-state index contributed by atoms with van der Waals surface area (Å²) in [5.41, 5.74) is 0.714. The van der Waals surface area contributed by atoms with Gasteiger partial charge in [-0.05, 0) is 36.6 Å². The first-order chi connectivity index (χ1) is 9.49. The Balaban J connectivity index is 2.07. The van der Waals surface area contributed by atoms with Gasteiger partial charge in [0.05, 0.1) is 12.0 Å². The molecule has 1 aromatic carbocycles. The summed E-state index contributed by atoms with van der Waals surface area (Å²) in [6, 6.07) is 5.06. The molecule has 1 saturated carbocycles. The Kier molecular flexibility index (Phi) is 3.50. The average molecular weight is 359 g/mol. The highest BCUT2D eigenvalue weighted by molar-refractivity contribution is 9.10. The van der Waals surface area contributed by atoms with Gasteiger partial charge >= 0.3 is 5.97 Å². The number of carbonyl (C=O) groups excluding carboxylic acids is 1. The first kappa shape index (κ1) is 13.9. The first-order valence-electron chi connectivity index (χ1n) is 6.48. The number of carboxylic acid groups (broad SMARTS) is 1. The second kappa shape index (κ2) is 5.04. The Morgan fingerprint density at radius 2 is 2.10 bits per heavy atom. The molecule has 0 radical (unpaired) electrons. The highest BCUT2D eigenvalue weighted by Gasteiger charge is 2.50. The van der Waals surface area contributed by atoms with Gasteiger partial charge in [0.2, 0.25) is 5.91 Å². The van der Waals surface area contributed by atoms with Crippen LogP contribution in [-0.4, -0.2) is 27.9 Å². The lowest BCUT2D eigenvalue weighted by molar-refractivity contribution is -0.142. The second-order valence-corrected chi connectivity index (χ2v) is 6.61. The number of amides is 1. The number of halogens is 2. The highest BCUT2D eigenvalue weighted by Crippen LogP contribution is 2.47. The van der Waals surface area contributed by atoms with E-state index in [0.29, 0.717) is 10.6 Å². The third kappa shape index (κ3) is 2.33. The van der Waals surface area contributed by atoms with Crippen molar-refractivity contribution in [3.63, 3.8) is 0 Å². The molecule has 20 heavy (non-hydrogen) atoms. The topological polar surface area (TPSA) is 57.6 Å². The molecule has 2 atom stereocenters. The lowest BCUT2D eigenvalue weighted by Crippen LogP contribution is -2.32. The van der Waals surface area contributed by atoms with Crippen molar-refractivity contribution >= 4 is 39.4 Å². The van der Waals surface area contributed by atoms with E-state index in [1.165, 1.54) is 0 Å². The van der Waals surface area contributed by atoms with E-state index in [1.807, 2.05) is 6.07 Å². The Morgan fingerprint density at radius 3 is 2.70 bits per heavy atom. The van der Waals surface area contributed by atoms with Gasteiger partial charge in [-0.15, -0.1) is 0 Å². The fraction of sp³-hybridized carbons (Fsp3) is 0.429. The molecule has 4 nitrogen and oxygen atoms in total. The van der Waals surface area contributed by atoms with Gasteiger partial charge in [-0.2, -0.15) is 0 Å². The van der Waals surface area contributed by atoms with Crippen LogP contribution in [0.2, 0.25) is 5.02 Å². The molecule has 3 rings (SSSR count). The second-order valence-electron chi connectivity index (χ2n) is 5.29. The van der Waals surface area contributed by atoms with Crippen molar-refractivity contribution in [2.24, 2.45) is 5.92 Å². The zero-order valence-corrected chi connectivity index (χ0v) is 12.9. The number of likely N-dealkylation sites (tertiary alicyclic amines) is 1. The van der Waals surface area contributed by atoms with Crippen LogP contribution < -0.4 is 0 Å². The largest absolute Gasteiger partial charge is 0.481 e. The van der Waals surface area contributed by atoms with Gasteiger partial charge < -0.3 is 10.0 Å². The van der Waals surface area contributed by atoms with Gasteiger partial charge in [-0.1, -0.05) is 27.5 Å². The van der Waals surface area contributed by atoms with Gasteiger partial charge in [0, 0.05) is 22.0 Å². The van der Waals surface area contributed by atoms with Crippen LogP contribution in [0.25, 0.3) is 0 Å². The van der Waals surface area contributed by atoms with Crippen LogP contribution in [-0.2, 0) is 9.59 Å². The van der Waals surface area contributed by atoms with Crippen molar-refractivity contribution in [2.45, 2.75) is 31.3 Å². The van der Waals surface area contributed by atoms with E-state index >= 15 is 0 Å². The number of hydrogen-bond donors (Lipinski definition) is 1. The van der Waals surface area contributed by atoms with Gasteiger partial charge in [-0.3, -0.25) is 9.59 Å². The zero-order chi connectivity index (χ0) is 14.4. The molecule has 1 aliphatic heterocycles. The summed E-state index contributed by atoms with van der Waals surface area (Å²) in [6.45, 7) is 0. The summed E-state index contributed by atoms with van der Waals surface area (Å²) in [5.74, 6) is -1.75. The van der Waals surface area contributed by atoms with Crippen molar-refractivity contribution < 1.29 is 14.7 Å². The molecule has 2 unspecified atom stereocenters. The van der Waals surface area contributed by atoms with Crippen LogP contribution in [0, 0.1) is 5.92 Å². The molecular formula is C14H13BrClNO3. The summed E-state index contributed by atoms with van der Waals surface area (Å²) in [6.07, 6.45) is 1.94. The molecule has 1 aromatic rings. The maximum Gasteiger partial charge on any atom is 0.309 e. The minimum atomic E-state index is -0.942. The zero-order valence-electron chi connectivity index (χ0n) is 10.6. The predicted octanol–water partition coefficient (Wildman–Crippen LogP) is 3.24. The predicted molar refractivity (Wildman–Crippen MR) is 77.5 cm³/mol. The molecule has 106 valence electrons. The average Bonchev–Trinajstić information content (AvgIpc) is 3.15. The normalized spacial score (nSPS) is 26.1. The van der Waals surface area contributed by atoms with Gasteiger partial charge in [0.25, 0.3) is 0 Å². The SMILES string of the molecule is O=C(O)C1CC(=O)N(C2CC2)C1c1cc(Br)ccc1Cl. The lowest BCUT2D eigenvalue weighted by Gasteiger charge is -2.28. The molecule has 1 N–H and O–H groups in total. The number of nitrogens with zero attached hydrogens (tertiary/aromatic N) is 1. The number of aliphatic carboxylic acids is 1. The fourth-order valence-corrected chi connectivity index (χ4v) is 3.48. The van der Waals surface area contributed by atoms with E-state index in [4.69, 9.17) is 11.6 Å². The van der Waals surface area contributed by atoms with Crippen LogP contribution in [0.1, 0.15) is 30.9 Å². The molecule has 1 heterocycles. The van der Waals surface area contributed by atoms with Crippen molar-refractivity contribution in [3.8, 4) is 0 Å². The third-order valence-corrected chi connectivity index (χ3v) is 4.73. The van der Waals surface area contributed by atoms with E-state index in [2.05, 4.69) is 15.9 Å². The molecule has 0 bridgehead atoms. The van der Waals surface area contributed by atoms with Crippen molar-refractivity contribution in [2.75, 3.05) is 0 Å². The van der Waals surface area contributed by atoms with E-state index in [-0.39, 0.29) is 18.4 Å². The maximum absolute atomic E-state index is 12.2. The Labute approximate surface area is 129 Å². The first-order valence-corrected chi connectivity index (χ1v) is 7.65. The third-order valence-electron chi connectivity index (χ3n) is 3.90. The van der Waals surface area contributed by atoms with E-state index in [0.717, 1.165) is 17.3 Å². The van der Waals surface area contributed by atoms with Crippen LogP contribution in [0.3, 0.4) is 0 Å². The molecule has 6 heteroatoms. The van der Waals surface area contributed by atoms with Gasteiger partial charge in [0.1, 0.15) is 0 Å². The smallest absolute Gasteiger partial charge is 0.309 e. The van der Waals surface area contributed by atoms with Crippen LogP contribution in [0.15, 0.2) is 22.7 Å². The number of rotatable bonds is 3. The van der Waals surface area contributed by atoms with Crippen molar-refractivity contribution in [1.29, 1.82) is 0 Å². The molecule has 0 aromatic heterocycles. The van der Waals surface area contributed by atoms with Gasteiger partial charge in [-0.25, -0.2) is 0 Å². The Morgan fingerprint density at radius 1 is 1.40 bits per heavy atom. The van der Waals surface area contributed by atoms with Crippen LogP contribution >= 0.6 is 27.5 Å². The quantitative estimate of drug-likeness (QED) is 0.902. The molecule has 0 spiro atoms. The number of hydrogen-bond acceptors (Lipinski definition) is 2. The minimum absolute atomic E-state index is 0.0549.